The molecule has 1 aliphatic rings. The Morgan fingerprint density at radius 2 is 1.97 bits per heavy atom. The molecule has 0 fully saturated rings. The average molecular weight is 575 g/mol. The van der Waals surface area contributed by atoms with Gasteiger partial charge in [0, 0.05) is 33.5 Å². The van der Waals surface area contributed by atoms with E-state index in [4.69, 9.17) is 9.47 Å². The fourth-order valence-corrected chi connectivity index (χ4v) is 4.34. The number of anilines is 2. The van der Waals surface area contributed by atoms with Crippen molar-refractivity contribution in [1.29, 1.82) is 0 Å². The molecule has 0 saturated heterocycles. The van der Waals surface area contributed by atoms with Crippen molar-refractivity contribution in [3.8, 4) is 11.5 Å². The molecule has 0 aliphatic carbocycles. The van der Waals surface area contributed by atoms with Crippen molar-refractivity contribution in [2.75, 3.05) is 31.5 Å². The predicted molar refractivity (Wildman–Crippen MR) is 137 cm³/mol. The van der Waals surface area contributed by atoms with E-state index in [-0.39, 0.29) is 12.5 Å². The number of aliphatic hydroxyl groups excluding tert-OH is 1. The minimum absolute atomic E-state index is 0.0470. The summed E-state index contributed by atoms with van der Waals surface area (Å²) in [6.07, 6.45) is 1.06. The zero-order valence-electron chi connectivity index (χ0n) is 19.1. The lowest BCUT2D eigenvalue weighted by atomic mass is 9.94. The highest BCUT2D eigenvalue weighted by atomic mass is 127. The van der Waals surface area contributed by atoms with Gasteiger partial charge >= 0.3 is 0 Å². The summed E-state index contributed by atoms with van der Waals surface area (Å²) < 4.78 is 14.0. The van der Waals surface area contributed by atoms with Crippen molar-refractivity contribution in [2.45, 2.75) is 25.8 Å². The third-order valence-electron chi connectivity index (χ3n) is 5.53. The number of fused-ring (bicyclic) bond motifs is 1. The minimum Gasteiger partial charge on any atom is -0.493 e. The van der Waals surface area contributed by atoms with Gasteiger partial charge in [0.15, 0.2) is 17.3 Å². The molecule has 3 aromatic rings. The lowest BCUT2D eigenvalue weighted by Gasteiger charge is -2.30. The molecule has 0 radical (unpaired) electrons. The number of aromatic nitrogens is 3. The summed E-state index contributed by atoms with van der Waals surface area (Å²) in [6, 6.07) is 12.5. The largest absolute Gasteiger partial charge is 0.493 e. The normalized spacial score (nSPS) is 14.9. The van der Waals surface area contributed by atoms with Gasteiger partial charge in [-0.15, -0.1) is 0 Å². The molecule has 34 heavy (non-hydrogen) atoms. The molecule has 0 saturated carbocycles. The number of hydrogen-bond donors (Lipinski definition) is 3. The third kappa shape index (κ3) is 4.73. The SMILES string of the molecule is COc1cccc(C2C(C(=O)Nc3ccc(I)cc3)=C(C)Nc3nc(CCCO)nn32)c1OC. The lowest BCUT2D eigenvalue weighted by molar-refractivity contribution is -0.113. The van der Waals surface area contributed by atoms with Crippen LogP contribution in [-0.4, -0.2) is 46.6 Å². The molecular formula is C24H26IN5O4. The van der Waals surface area contributed by atoms with Gasteiger partial charge in [0.05, 0.1) is 19.8 Å². The molecule has 10 heteroatoms. The number of ether oxygens (including phenoxy) is 2. The van der Waals surface area contributed by atoms with Gasteiger partial charge in [0.2, 0.25) is 5.95 Å². The molecule has 1 unspecified atom stereocenters. The number of aliphatic hydroxyl groups is 1. The molecule has 2 heterocycles. The Balaban J connectivity index is 1.83. The number of aryl methyl sites for hydroxylation is 1. The quantitative estimate of drug-likeness (QED) is 0.351. The topological polar surface area (TPSA) is 111 Å². The van der Waals surface area contributed by atoms with Crippen LogP contribution >= 0.6 is 22.6 Å². The molecule has 1 aliphatic heterocycles. The summed E-state index contributed by atoms with van der Waals surface area (Å²) in [5.74, 6) is 1.90. The van der Waals surface area contributed by atoms with Crippen molar-refractivity contribution in [1.82, 2.24) is 14.8 Å². The third-order valence-corrected chi connectivity index (χ3v) is 6.25. The van der Waals surface area contributed by atoms with Crippen molar-refractivity contribution < 1.29 is 19.4 Å². The van der Waals surface area contributed by atoms with Crippen LogP contribution < -0.4 is 20.1 Å². The van der Waals surface area contributed by atoms with E-state index in [0.717, 1.165) is 9.13 Å². The summed E-state index contributed by atoms with van der Waals surface area (Å²) in [5, 5.41) is 20.1. The van der Waals surface area contributed by atoms with E-state index in [0.29, 0.717) is 53.1 Å². The zero-order valence-corrected chi connectivity index (χ0v) is 21.3. The van der Waals surface area contributed by atoms with Crippen molar-refractivity contribution in [3.05, 3.63) is 68.7 Å². The number of methoxy groups -OCH3 is 2. The van der Waals surface area contributed by atoms with Crippen LogP contribution in [0, 0.1) is 3.57 Å². The maximum Gasteiger partial charge on any atom is 0.255 e. The maximum absolute atomic E-state index is 13.6. The fraction of sp³-hybridized carbons (Fsp3) is 0.292. The van der Waals surface area contributed by atoms with Crippen molar-refractivity contribution in [2.24, 2.45) is 0 Å². The van der Waals surface area contributed by atoms with E-state index in [9.17, 15) is 9.90 Å². The van der Waals surface area contributed by atoms with Crippen LogP contribution in [0.25, 0.3) is 0 Å². The number of nitrogens with one attached hydrogen (secondary N) is 2. The van der Waals surface area contributed by atoms with E-state index >= 15 is 0 Å². The number of halogens is 1. The van der Waals surface area contributed by atoms with E-state index < -0.39 is 6.04 Å². The standard InChI is InChI=1S/C24H26IN5O4/c1-14-20(23(32)27-16-11-9-15(25)10-12-16)21(17-6-4-7-18(33-2)22(17)34-3)30-24(26-14)28-19(29-30)8-5-13-31/h4,6-7,9-12,21,31H,5,8,13H2,1-3H3,(H,27,32)(H,26,28,29). The Morgan fingerprint density at radius 3 is 2.65 bits per heavy atom. The predicted octanol–water partition coefficient (Wildman–Crippen LogP) is 3.75. The van der Waals surface area contributed by atoms with Crippen LogP contribution in [0.5, 0.6) is 11.5 Å². The number of rotatable bonds is 8. The smallest absolute Gasteiger partial charge is 0.255 e. The molecule has 9 nitrogen and oxygen atoms in total. The number of carbonyl (C=O) groups is 1. The van der Waals surface area contributed by atoms with E-state index in [1.165, 1.54) is 0 Å². The van der Waals surface area contributed by atoms with Gasteiger partial charge in [-0.1, -0.05) is 12.1 Å². The van der Waals surface area contributed by atoms with Crippen LogP contribution in [0.2, 0.25) is 0 Å². The second-order valence-electron chi connectivity index (χ2n) is 7.73. The van der Waals surface area contributed by atoms with Crippen molar-refractivity contribution >= 4 is 40.1 Å². The number of nitrogens with zero attached hydrogens (tertiary/aromatic N) is 3. The number of benzene rings is 2. The molecule has 1 amide bonds. The van der Waals surface area contributed by atoms with Gasteiger partial charge in [0.25, 0.3) is 5.91 Å². The first-order valence-corrected chi connectivity index (χ1v) is 11.9. The summed E-state index contributed by atoms with van der Waals surface area (Å²) in [5.41, 5.74) is 2.55. The molecule has 4 rings (SSSR count). The van der Waals surface area contributed by atoms with E-state index in [1.807, 2.05) is 43.3 Å². The number of hydrogen-bond acceptors (Lipinski definition) is 7. The molecule has 2 aromatic carbocycles. The molecule has 178 valence electrons. The fourth-order valence-electron chi connectivity index (χ4n) is 3.98. The van der Waals surface area contributed by atoms with Gasteiger partial charge in [-0.3, -0.25) is 4.79 Å². The molecule has 3 N–H and O–H groups in total. The second-order valence-corrected chi connectivity index (χ2v) is 8.98. The lowest BCUT2D eigenvalue weighted by Crippen LogP contribution is -2.31. The number of allylic oxidation sites excluding steroid dienone is 1. The Bertz CT molecular complexity index is 1220. The Morgan fingerprint density at radius 1 is 1.21 bits per heavy atom. The molecular weight excluding hydrogens is 549 g/mol. The van der Waals surface area contributed by atoms with Gasteiger partial charge in [-0.05, 0) is 66.3 Å². The first-order chi connectivity index (χ1) is 16.5. The van der Waals surface area contributed by atoms with Crippen LogP contribution in [-0.2, 0) is 11.2 Å². The van der Waals surface area contributed by atoms with Crippen LogP contribution in [0.4, 0.5) is 11.6 Å². The molecule has 1 atom stereocenters. The van der Waals surface area contributed by atoms with Gasteiger partial charge in [-0.2, -0.15) is 10.1 Å². The second kappa shape index (κ2) is 10.4. The number of carbonyl (C=O) groups excluding carboxylic acids is 1. The van der Waals surface area contributed by atoms with Crippen LogP contribution in [0.3, 0.4) is 0 Å². The summed E-state index contributed by atoms with van der Waals surface area (Å²) in [4.78, 5) is 18.2. The highest BCUT2D eigenvalue weighted by molar-refractivity contribution is 14.1. The molecule has 0 spiro atoms. The van der Waals surface area contributed by atoms with Crippen LogP contribution in [0.15, 0.2) is 53.7 Å². The minimum atomic E-state index is -0.611. The van der Waals surface area contributed by atoms with E-state index in [2.05, 4.69) is 43.3 Å². The Labute approximate surface area is 211 Å². The monoisotopic (exact) mass is 575 g/mol. The van der Waals surface area contributed by atoms with Gasteiger partial charge in [0.1, 0.15) is 6.04 Å². The number of amides is 1. The first-order valence-electron chi connectivity index (χ1n) is 10.8. The summed E-state index contributed by atoms with van der Waals surface area (Å²) in [6.45, 7) is 1.89. The van der Waals surface area contributed by atoms with Gasteiger partial charge in [-0.25, -0.2) is 4.68 Å². The Hall–Kier alpha value is -3.12. The summed E-state index contributed by atoms with van der Waals surface area (Å²) >= 11 is 2.22. The highest BCUT2D eigenvalue weighted by Gasteiger charge is 2.36. The van der Waals surface area contributed by atoms with Gasteiger partial charge < -0.3 is 25.2 Å². The highest BCUT2D eigenvalue weighted by Crippen LogP contribution is 2.43. The van der Waals surface area contributed by atoms with E-state index in [1.54, 1.807) is 25.0 Å². The van der Waals surface area contributed by atoms with Crippen LogP contribution in [0.1, 0.15) is 30.8 Å². The maximum atomic E-state index is 13.6. The summed E-state index contributed by atoms with van der Waals surface area (Å²) in [7, 11) is 3.14. The Kier molecular flexibility index (Phi) is 7.37. The number of para-hydroxylation sites is 1. The van der Waals surface area contributed by atoms with Crippen molar-refractivity contribution in [3.63, 3.8) is 0 Å². The average Bonchev–Trinajstić information content (AvgIpc) is 3.24. The molecule has 1 aromatic heterocycles. The zero-order chi connectivity index (χ0) is 24.2. The first kappa shape index (κ1) is 24.0. The molecule has 0 bridgehead atoms.